The Kier molecular flexibility index (Phi) is 3.21. The molecule has 2 fully saturated rings. The van der Waals surface area contributed by atoms with E-state index in [0.29, 0.717) is 6.04 Å². The molecule has 2 atom stereocenters. The molecule has 0 aromatic heterocycles. The number of hydrogen-bond donors (Lipinski definition) is 1. The maximum atomic E-state index is 9.56. The molecule has 1 saturated heterocycles. The van der Waals surface area contributed by atoms with E-state index >= 15 is 0 Å². The number of nitrogens with zero attached hydrogens (tertiary/aromatic N) is 2. The fourth-order valence-corrected chi connectivity index (χ4v) is 2.35. The molecule has 0 bridgehead atoms. The highest BCUT2D eigenvalue weighted by Crippen LogP contribution is 2.26. The van der Waals surface area contributed by atoms with E-state index in [4.69, 9.17) is 0 Å². The number of aliphatic hydroxyl groups is 1. The van der Waals surface area contributed by atoms with Gasteiger partial charge in [-0.3, -0.25) is 9.80 Å². The third-order valence-corrected chi connectivity index (χ3v) is 3.47. The summed E-state index contributed by atoms with van der Waals surface area (Å²) >= 11 is 0. The summed E-state index contributed by atoms with van der Waals surface area (Å²) in [5.74, 6) is 0. The predicted octanol–water partition coefficient (Wildman–Crippen LogP) is 0.313. The number of piperazine rings is 1. The van der Waals surface area contributed by atoms with Crippen LogP contribution >= 0.6 is 0 Å². The first-order chi connectivity index (χ1) is 6.81. The zero-order chi connectivity index (χ0) is 9.97. The van der Waals surface area contributed by atoms with Gasteiger partial charge in [0.2, 0.25) is 0 Å². The third-order valence-electron chi connectivity index (χ3n) is 3.47. The van der Waals surface area contributed by atoms with Gasteiger partial charge in [0.05, 0.1) is 6.10 Å². The van der Waals surface area contributed by atoms with Crippen molar-refractivity contribution in [1.82, 2.24) is 9.80 Å². The third kappa shape index (κ3) is 2.00. The van der Waals surface area contributed by atoms with Crippen LogP contribution < -0.4 is 0 Å². The lowest BCUT2D eigenvalue weighted by Gasteiger charge is -2.45. The fraction of sp³-hybridized carbons (Fsp3) is 0.818. The molecule has 2 aliphatic rings. The van der Waals surface area contributed by atoms with Gasteiger partial charge in [0.1, 0.15) is 0 Å². The van der Waals surface area contributed by atoms with Crippen LogP contribution in [0, 0.1) is 0 Å². The Labute approximate surface area is 86.0 Å². The van der Waals surface area contributed by atoms with Crippen LogP contribution in [0.15, 0.2) is 12.7 Å². The normalized spacial score (nSPS) is 35.2. The molecule has 2 rings (SSSR count). The zero-order valence-corrected chi connectivity index (χ0v) is 8.73. The molecular formula is C11H20N2O. The minimum Gasteiger partial charge on any atom is -0.391 e. The lowest BCUT2D eigenvalue weighted by Crippen LogP contribution is -2.57. The molecule has 1 aliphatic carbocycles. The molecular weight excluding hydrogens is 176 g/mol. The Morgan fingerprint density at radius 2 is 1.93 bits per heavy atom. The van der Waals surface area contributed by atoms with Crippen LogP contribution in [0.25, 0.3) is 0 Å². The first-order valence-corrected chi connectivity index (χ1v) is 5.56. The quantitative estimate of drug-likeness (QED) is 0.658. The molecule has 0 amide bonds. The van der Waals surface area contributed by atoms with Gasteiger partial charge in [-0.2, -0.15) is 0 Å². The summed E-state index contributed by atoms with van der Waals surface area (Å²) in [6.07, 6.45) is 4.09. The van der Waals surface area contributed by atoms with Gasteiger partial charge in [0.25, 0.3) is 0 Å². The molecule has 1 N–H and O–H groups in total. The predicted molar refractivity (Wildman–Crippen MR) is 57.2 cm³/mol. The van der Waals surface area contributed by atoms with E-state index in [9.17, 15) is 5.11 Å². The van der Waals surface area contributed by atoms with Gasteiger partial charge in [-0.25, -0.2) is 0 Å². The summed E-state index contributed by atoms with van der Waals surface area (Å²) in [7, 11) is 0. The van der Waals surface area contributed by atoms with Crippen LogP contribution in [0.5, 0.6) is 0 Å². The fourth-order valence-electron chi connectivity index (χ4n) is 2.35. The molecule has 1 aliphatic heterocycles. The summed E-state index contributed by atoms with van der Waals surface area (Å²) in [6, 6.07) is 0.459. The molecule has 0 spiro atoms. The van der Waals surface area contributed by atoms with Crippen molar-refractivity contribution in [2.24, 2.45) is 0 Å². The molecule has 0 aromatic carbocycles. The largest absolute Gasteiger partial charge is 0.391 e. The second-order valence-corrected chi connectivity index (χ2v) is 4.34. The Morgan fingerprint density at radius 3 is 2.36 bits per heavy atom. The van der Waals surface area contributed by atoms with E-state index < -0.39 is 0 Å². The summed E-state index contributed by atoms with van der Waals surface area (Å²) in [6.45, 7) is 9.21. The Bertz CT molecular complexity index is 199. The average Bonchev–Trinajstić information content (AvgIpc) is 2.19. The van der Waals surface area contributed by atoms with Gasteiger partial charge in [-0.05, 0) is 12.8 Å². The molecule has 1 heterocycles. The average molecular weight is 196 g/mol. The molecule has 1 saturated carbocycles. The SMILES string of the molecule is C=CCN1CCN(C2CCC2O)CC1. The molecule has 0 aromatic rings. The highest BCUT2D eigenvalue weighted by molar-refractivity contribution is 4.91. The Balaban J connectivity index is 1.75. The number of rotatable bonds is 3. The number of hydrogen-bond acceptors (Lipinski definition) is 3. The molecule has 3 nitrogen and oxygen atoms in total. The molecule has 3 heteroatoms. The smallest absolute Gasteiger partial charge is 0.0696 e. The topological polar surface area (TPSA) is 26.7 Å². The van der Waals surface area contributed by atoms with Crippen molar-refractivity contribution in [3.05, 3.63) is 12.7 Å². The minimum atomic E-state index is -0.0547. The van der Waals surface area contributed by atoms with E-state index in [1.807, 2.05) is 6.08 Å². The summed E-state index contributed by atoms with van der Waals surface area (Å²) in [5.41, 5.74) is 0. The van der Waals surface area contributed by atoms with Gasteiger partial charge in [-0.15, -0.1) is 6.58 Å². The maximum Gasteiger partial charge on any atom is 0.0696 e. The standard InChI is InChI=1S/C11H20N2O/c1-2-5-12-6-8-13(9-7-12)10-3-4-11(10)14/h2,10-11,14H,1,3-9H2. The van der Waals surface area contributed by atoms with Gasteiger partial charge in [0, 0.05) is 38.8 Å². The van der Waals surface area contributed by atoms with E-state index in [-0.39, 0.29) is 6.10 Å². The molecule has 0 radical (unpaired) electrons. The van der Waals surface area contributed by atoms with Gasteiger partial charge in [0.15, 0.2) is 0 Å². The first kappa shape index (κ1) is 10.1. The molecule has 80 valence electrons. The Hall–Kier alpha value is -0.380. The maximum absolute atomic E-state index is 9.56. The van der Waals surface area contributed by atoms with Crippen molar-refractivity contribution in [2.75, 3.05) is 32.7 Å². The van der Waals surface area contributed by atoms with Gasteiger partial charge < -0.3 is 5.11 Å². The van der Waals surface area contributed by atoms with Crippen LogP contribution in [0.4, 0.5) is 0 Å². The lowest BCUT2D eigenvalue weighted by atomic mass is 9.87. The molecule has 14 heavy (non-hydrogen) atoms. The van der Waals surface area contributed by atoms with Crippen molar-refractivity contribution >= 4 is 0 Å². The van der Waals surface area contributed by atoms with Crippen molar-refractivity contribution in [3.63, 3.8) is 0 Å². The van der Waals surface area contributed by atoms with Crippen molar-refractivity contribution in [1.29, 1.82) is 0 Å². The first-order valence-electron chi connectivity index (χ1n) is 5.56. The van der Waals surface area contributed by atoms with Gasteiger partial charge >= 0.3 is 0 Å². The van der Waals surface area contributed by atoms with Crippen LogP contribution in [-0.4, -0.2) is 59.8 Å². The highest BCUT2D eigenvalue weighted by atomic mass is 16.3. The summed E-state index contributed by atoms with van der Waals surface area (Å²) < 4.78 is 0. The second kappa shape index (κ2) is 4.43. The minimum absolute atomic E-state index is 0.0547. The monoisotopic (exact) mass is 196 g/mol. The zero-order valence-electron chi connectivity index (χ0n) is 8.73. The van der Waals surface area contributed by atoms with Crippen LogP contribution in [0.2, 0.25) is 0 Å². The van der Waals surface area contributed by atoms with Gasteiger partial charge in [-0.1, -0.05) is 6.08 Å². The highest BCUT2D eigenvalue weighted by Gasteiger charge is 2.35. The van der Waals surface area contributed by atoms with Crippen LogP contribution in [0.3, 0.4) is 0 Å². The van der Waals surface area contributed by atoms with Crippen molar-refractivity contribution in [2.45, 2.75) is 25.0 Å². The van der Waals surface area contributed by atoms with E-state index in [0.717, 1.165) is 39.1 Å². The lowest BCUT2D eigenvalue weighted by molar-refractivity contribution is -0.0377. The molecule has 2 unspecified atom stereocenters. The van der Waals surface area contributed by atoms with E-state index in [1.165, 1.54) is 6.42 Å². The van der Waals surface area contributed by atoms with E-state index in [2.05, 4.69) is 16.4 Å². The van der Waals surface area contributed by atoms with Crippen molar-refractivity contribution in [3.8, 4) is 0 Å². The van der Waals surface area contributed by atoms with Crippen LogP contribution in [0.1, 0.15) is 12.8 Å². The Morgan fingerprint density at radius 1 is 1.21 bits per heavy atom. The summed E-state index contributed by atoms with van der Waals surface area (Å²) in [4.78, 5) is 4.85. The number of aliphatic hydroxyl groups excluding tert-OH is 1. The summed E-state index contributed by atoms with van der Waals surface area (Å²) in [5, 5.41) is 9.56. The second-order valence-electron chi connectivity index (χ2n) is 4.34. The van der Waals surface area contributed by atoms with E-state index in [1.54, 1.807) is 0 Å². The van der Waals surface area contributed by atoms with Crippen LogP contribution in [-0.2, 0) is 0 Å². The van der Waals surface area contributed by atoms with Crippen molar-refractivity contribution < 1.29 is 5.11 Å².